The van der Waals surface area contributed by atoms with Crippen molar-refractivity contribution in [2.24, 2.45) is 0 Å². The van der Waals surface area contributed by atoms with Crippen molar-refractivity contribution in [2.45, 2.75) is 26.3 Å². The molecular formula is C23H24N3+. The van der Waals surface area contributed by atoms with Crippen molar-refractivity contribution in [1.29, 1.82) is 0 Å². The molecule has 0 unspecified atom stereocenters. The highest BCUT2D eigenvalue weighted by Crippen LogP contribution is 2.34. The molecule has 0 saturated carbocycles. The Labute approximate surface area is 153 Å². The lowest BCUT2D eigenvalue weighted by Gasteiger charge is -2.21. The van der Waals surface area contributed by atoms with Crippen LogP contribution in [0.2, 0.25) is 0 Å². The number of hydrogen-bond donors (Lipinski definition) is 2. The number of nitrogens with two attached hydrogens (primary N) is 2. The maximum Gasteiger partial charge on any atom is 0.221 e. The molecule has 0 spiro atoms. The standard InChI is InChI=1S/C23H23N3/c1-23(2,3)26-21-14-17(25)10-12-19(21)18-11-9-16(24)13-20(18)22(26)15-7-5-4-6-8-15/h4-14,25H,24H2,1-3H3/p+1. The van der Waals surface area contributed by atoms with Gasteiger partial charge in [-0.3, -0.25) is 0 Å². The monoisotopic (exact) mass is 342 g/mol. The van der Waals surface area contributed by atoms with Gasteiger partial charge in [0.05, 0.1) is 10.8 Å². The van der Waals surface area contributed by atoms with Gasteiger partial charge in [-0.25, -0.2) is 0 Å². The molecule has 0 aliphatic heterocycles. The minimum Gasteiger partial charge on any atom is -0.399 e. The topological polar surface area (TPSA) is 55.9 Å². The van der Waals surface area contributed by atoms with E-state index < -0.39 is 0 Å². The Kier molecular flexibility index (Phi) is 3.62. The van der Waals surface area contributed by atoms with Crippen LogP contribution in [0.4, 0.5) is 11.4 Å². The van der Waals surface area contributed by atoms with Crippen LogP contribution in [0.15, 0.2) is 66.7 Å². The van der Waals surface area contributed by atoms with Crippen LogP contribution >= 0.6 is 0 Å². The van der Waals surface area contributed by atoms with E-state index in [-0.39, 0.29) is 5.54 Å². The van der Waals surface area contributed by atoms with Gasteiger partial charge < -0.3 is 11.5 Å². The Morgan fingerprint density at radius 2 is 1.31 bits per heavy atom. The molecule has 0 bridgehead atoms. The van der Waals surface area contributed by atoms with Crippen LogP contribution in [0.25, 0.3) is 32.9 Å². The van der Waals surface area contributed by atoms with E-state index in [0.29, 0.717) is 0 Å². The SMILES string of the molecule is CC(C)(C)[n+]1c(-c2ccccc2)c2cc(N)ccc2c2ccc(N)cc21. The molecule has 4 rings (SSSR count). The van der Waals surface area contributed by atoms with Gasteiger partial charge in [0.25, 0.3) is 0 Å². The van der Waals surface area contributed by atoms with E-state index in [1.54, 1.807) is 0 Å². The quantitative estimate of drug-likeness (QED) is 0.295. The van der Waals surface area contributed by atoms with Crippen molar-refractivity contribution < 1.29 is 4.57 Å². The van der Waals surface area contributed by atoms with Crippen LogP contribution < -0.4 is 16.0 Å². The summed E-state index contributed by atoms with van der Waals surface area (Å²) in [7, 11) is 0. The summed E-state index contributed by atoms with van der Waals surface area (Å²) in [6.45, 7) is 6.67. The molecule has 26 heavy (non-hydrogen) atoms. The van der Waals surface area contributed by atoms with Crippen LogP contribution in [0.5, 0.6) is 0 Å². The number of aromatic nitrogens is 1. The molecule has 0 radical (unpaired) electrons. The molecule has 4 aromatic rings. The van der Waals surface area contributed by atoms with Gasteiger partial charge >= 0.3 is 0 Å². The van der Waals surface area contributed by atoms with E-state index >= 15 is 0 Å². The molecule has 0 fully saturated rings. The van der Waals surface area contributed by atoms with Crippen LogP contribution in [0.1, 0.15) is 20.8 Å². The number of pyridine rings is 1. The lowest BCUT2D eigenvalue weighted by Crippen LogP contribution is -2.52. The summed E-state index contributed by atoms with van der Waals surface area (Å²) >= 11 is 0. The van der Waals surface area contributed by atoms with E-state index in [1.807, 2.05) is 18.2 Å². The third-order valence-corrected chi connectivity index (χ3v) is 4.79. The second-order valence-electron chi connectivity index (χ2n) is 7.80. The summed E-state index contributed by atoms with van der Waals surface area (Å²) < 4.78 is 2.38. The fourth-order valence-corrected chi connectivity index (χ4v) is 3.77. The first-order valence-corrected chi connectivity index (χ1v) is 8.88. The molecule has 3 aromatic carbocycles. The van der Waals surface area contributed by atoms with Gasteiger partial charge in [-0.15, -0.1) is 0 Å². The van der Waals surface area contributed by atoms with E-state index in [0.717, 1.165) is 22.3 Å². The van der Waals surface area contributed by atoms with Crippen molar-refractivity contribution in [3.63, 3.8) is 0 Å². The number of nitrogen functional groups attached to an aromatic ring is 2. The number of fused-ring (bicyclic) bond motifs is 3. The molecule has 1 heterocycles. The average molecular weight is 342 g/mol. The molecule has 1 aromatic heterocycles. The first-order valence-electron chi connectivity index (χ1n) is 8.88. The van der Waals surface area contributed by atoms with Crippen LogP contribution in [0, 0.1) is 0 Å². The van der Waals surface area contributed by atoms with Crippen molar-refractivity contribution in [3.05, 3.63) is 66.7 Å². The fourth-order valence-electron chi connectivity index (χ4n) is 3.77. The van der Waals surface area contributed by atoms with E-state index in [4.69, 9.17) is 11.5 Å². The third-order valence-electron chi connectivity index (χ3n) is 4.79. The number of nitrogens with zero attached hydrogens (tertiary/aromatic N) is 1. The lowest BCUT2D eigenvalue weighted by molar-refractivity contribution is -0.719. The van der Waals surface area contributed by atoms with E-state index in [2.05, 4.69) is 73.9 Å². The first kappa shape index (κ1) is 16.4. The minimum absolute atomic E-state index is 0.129. The highest BCUT2D eigenvalue weighted by Gasteiger charge is 2.32. The predicted octanol–water partition coefficient (Wildman–Crippen LogP) is 4.87. The summed E-state index contributed by atoms with van der Waals surface area (Å²) in [5, 5.41) is 3.53. The summed E-state index contributed by atoms with van der Waals surface area (Å²) in [5.74, 6) is 0. The summed E-state index contributed by atoms with van der Waals surface area (Å²) in [5.41, 5.74) is 17.2. The molecule has 3 heteroatoms. The molecule has 0 saturated heterocycles. The van der Waals surface area contributed by atoms with Crippen molar-refractivity contribution in [2.75, 3.05) is 11.5 Å². The molecule has 4 N–H and O–H groups in total. The second kappa shape index (κ2) is 5.73. The molecule has 0 amide bonds. The maximum absolute atomic E-state index is 6.17. The second-order valence-corrected chi connectivity index (χ2v) is 7.80. The molecule has 130 valence electrons. The van der Waals surface area contributed by atoms with Gasteiger partial charge in [-0.1, -0.05) is 24.3 Å². The highest BCUT2D eigenvalue weighted by atomic mass is 15.1. The lowest BCUT2D eigenvalue weighted by atomic mass is 9.95. The van der Waals surface area contributed by atoms with Crippen LogP contribution in [-0.4, -0.2) is 0 Å². The Balaban J connectivity index is 2.33. The number of benzene rings is 3. The zero-order valence-electron chi connectivity index (χ0n) is 15.5. The molecule has 0 aliphatic rings. The normalized spacial score (nSPS) is 12.0. The van der Waals surface area contributed by atoms with Crippen molar-refractivity contribution >= 4 is 33.1 Å². The van der Waals surface area contributed by atoms with Gasteiger partial charge in [0.1, 0.15) is 0 Å². The first-order chi connectivity index (χ1) is 12.4. The Hall–Kier alpha value is -3.07. The predicted molar refractivity (Wildman–Crippen MR) is 111 cm³/mol. The zero-order valence-corrected chi connectivity index (χ0v) is 15.5. The van der Waals surface area contributed by atoms with Crippen molar-refractivity contribution in [1.82, 2.24) is 0 Å². The maximum atomic E-state index is 6.17. The largest absolute Gasteiger partial charge is 0.399 e. The Bertz CT molecular complexity index is 1120. The summed E-state index contributed by atoms with van der Waals surface area (Å²) in [6.07, 6.45) is 0. The van der Waals surface area contributed by atoms with Gasteiger partial charge in [0, 0.05) is 49.2 Å². The van der Waals surface area contributed by atoms with E-state index in [9.17, 15) is 0 Å². The van der Waals surface area contributed by atoms with Crippen molar-refractivity contribution in [3.8, 4) is 11.3 Å². The third kappa shape index (κ3) is 2.57. The fraction of sp³-hybridized carbons (Fsp3) is 0.174. The number of rotatable bonds is 1. The van der Waals surface area contributed by atoms with E-state index in [1.165, 1.54) is 22.0 Å². The number of hydrogen-bond acceptors (Lipinski definition) is 2. The summed E-state index contributed by atoms with van der Waals surface area (Å²) in [6, 6.07) is 22.8. The minimum atomic E-state index is -0.129. The molecule has 3 nitrogen and oxygen atoms in total. The molecular weight excluding hydrogens is 318 g/mol. The molecule has 0 atom stereocenters. The molecule has 0 aliphatic carbocycles. The average Bonchev–Trinajstić information content (AvgIpc) is 2.60. The Morgan fingerprint density at radius 1 is 0.692 bits per heavy atom. The highest BCUT2D eigenvalue weighted by molar-refractivity contribution is 6.10. The smallest absolute Gasteiger partial charge is 0.221 e. The van der Waals surface area contributed by atoms with Gasteiger partial charge in [0.15, 0.2) is 5.54 Å². The number of anilines is 2. The van der Waals surface area contributed by atoms with Gasteiger partial charge in [0.2, 0.25) is 11.2 Å². The van der Waals surface area contributed by atoms with Gasteiger partial charge in [-0.2, -0.15) is 4.57 Å². The van der Waals surface area contributed by atoms with Crippen LogP contribution in [-0.2, 0) is 5.54 Å². The Morgan fingerprint density at radius 3 is 1.96 bits per heavy atom. The summed E-state index contributed by atoms with van der Waals surface area (Å²) in [4.78, 5) is 0. The van der Waals surface area contributed by atoms with Crippen LogP contribution in [0.3, 0.4) is 0 Å². The zero-order chi connectivity index (χ0) is 18.5. The van der Waals surface area contributed by atoms with Gasteiger partial charge in [-0.05, 0) is 36.4 Å².